The molecule has 6 nitrogen and oxygen atoms in total. The van der Waals surface area contributed by atoms with E-state index in [2.05, 4.69) is 16.1 Å². The molecule has 162 valence electrons. The van der Waals surface area contributed by atoms with Crippen molar-refractivity contribution in [1.29, 1.82) is 0 Å². The van der Waals surface area contributed by atoms with Crippen molar-refractivity contribution in [2.45, 2.75) is 13.8 Å². The van der Waals surface area contributed by atoms with Crippen molar-refractivity contribution in [3.8, 4) is 11.3 Å². The largest absolute Gasteiger partial charge is 0.322 e. The van der Waals surface area contributed by atoms with Crippen LogP contribution in [0.25, 0.3) is 22.2 Å². The van der Waals surface area contributed by atoms with Crippen molar-refractivity contribution >= 4 is 38.2 Å². The summed E-state index contributed by atoms with van der Waals surface area (Å²) in [6, 6.07) is 22.0. The van der Waals surface area contributed by atoms with Crippen molar-refractivity contribution in [2.75, 3.05) is 16.3 Å². The Balaban J connectivity index is 1.70. The van der Waals surface area contributed by atoms with Gasteiger partial charge in [0.15, 0.2) is 0 Å². The fourth-order valence-electron chi connectivity index (χ4n) is 3.64. The zero-order valence-corrected chi connectivity index (χ0v) is 18.8. The maximum Gasteiger partial charge on any atom is 0.256 e. The van der Waals surface area contributed by atoms with Crippen LogP contribution in [0.15, 0.2) is 72.8 Å². The van der Waals surface area contributed by atoms with Gasteiger partial charge in [0.2, 0.25) is 10.0 Å². The van der Waals surface area contributed by atoms with E-state index < -0.39 is 10.0 Å². The SMILES string of the molecule is Cc1ccc(-c2cc(C(=O)Nc3ccc(NS(C)(=O)=O)cc3)c3ccccc3n2)c(C)c1. The highest BCUT2D eigenvalue weighted by Crippen LogP contribution is 2.28. The number of hydrogen-bond donors (Lipinski definition) is 2. The molecule has 0 bridgehead atoms. The smallest absolute Gasteiger partial charge is 0.256 e. The van der Waals surface area contributed by atoms with Crippen molar-refractivity contribution in [3.05, 3.63) is 89.5 Å². The number of carbonyl (C=O) groups excluding carboxylic acids is 1. The lowest BCUT2D eigenvalue weighted by Gasteiger charge is -2.13. The van der Waals surface area contributed by atoms with Gasteiger partial charge in [-0.2, -0.15) is 0 Å². The Hall–Kier alpha value is -3.71. The molecule has 1 amide bonds. The number of para-hydroxylation sites is 1. The Morgan fingerprint density at radius 1 is 0.875 bits per heavy atom. The molecule has 0 unspecified atom stereocenters. The minimum atomic E-state index is -3.36. The van der Waals surface area contributed by atoms with E-state index in [1.807, 2.05) is 56.3 Å². The lowest BCUT2D eigenvalue weighted by Crippen LogP contribution is -2.13. The lowest BCUT2D eigenvalue weighted by molar-refractivity contribution is 0.102. The standard InChI is InChI=1S/C25H23N3O3S/c1-16-8-13-20(17(2)14-16)24-15-22(21-6-4-5-7-23(21)27-24)25(29)26-18-9-11-19(12-10-18)28-32(3,30)31/h4-15,28H,1-3H3,(H,26,29). The number of anilines is 2. The van der Waals surface area contributed by atoms with Crippen LogP contribution in [-0.4, -0.2) is 25.6 Å². The molecule has 2 N–H and O–H groups in total. The highest BCUT2D eigenvalue weighted by molar-refractivity contribution is 7.92. The third kappa shape index (κ3) is 4.78. The van der Waals surface area contributed by atoms with Crippen LogP contribution in [0, 0.1) is 13.8 Å². The van der Waals surface area contributed by atoms with E-state index in [1.165, 1.54) is 5.56 Å². The normalized spacial score (nSPS) is 11.3. The van der Waals surface area contributed by atoms with Crippen LogP contribution in [0.1, 0.15) is 21.5 Å². The van der Waals surface area contributed by atoms with Crippen LogP contribution in [0.4, 0.5) is 11.4 Å². The van der Waals surface area contributed by atoms with Crippen LogP contribution in [0.3, 0.4) is 0 Å². The van der Waals surface area contributed by atoms with Crippen molar-refractivity contribution in [3.63, 3.8) is 0 Å². The number of hydrogen-bond acceptors (Lipinski definition) is 4. The molecule has 4 rings (SSSR count). The first-order chi connectivity index (χ1) is 15.2. The van der Waals surface area contributed by atoms with E-state index in [4.69, 9.17) is 4.98 Å². The number of nitrogens with one attached hydrogen (secondary N) is 2. The third-order valence-corrected chi connectivity index (χ3v) is 5.67. The number of carbonyl (C=O) groups is 1. The van der Waals surface area contributed by atoms with E-state index in [-0.39, 0.29) is 5.91 Å². The van der Waals surface area contributed by atoms with Crippen LogP contribution < -0.4 is 10.0 Å². The molecule has 0 saturated carbocycles. The molecule has 0 saturated heterocycles. The first-order valence-electron chi connectivity index (χ1n) is 10.1. The Labute approximate surface area is 187 Å². The Morgan fingerprint density at radius 2 is 1.56 bits per heavy atom. The van der Waals surface area contributed by atoms with Gasteiger partial charge in [-0.25, -0.2) is 13.4 Å². The molecule has 32 heavy (non-hydrogen) atoms. The van der Waals surface area contributed by atoms with Gasteiger partial charge in [0.25, 0.3) is 5.91 Å². The molecule has 0 aliphatic rings. The number of nitrogens with zero attached hydrogens (tertiary/aromatic N) is 1. The maximum absolute atomic E-state index is 13.2. The molecule has 0 atom stereocenters. The van der Waals surface area contributed by atoms with Crippen molar-refractivity contribution in [1.82, 2.24) is 4.98 Å². The first kappa shape index (κ1) is 21.5. The molecule has 0 aliphatic carbocycles. The molecule has 0 radical (unpaired) electrons. The fraction of sp³-hybridized carbons (Fsp3) is 0.120. The topological polar surface area (TPSA) is 88.2 Å². The zero-order chi connectivity index (χ0) is 22.9. The van der Waals surface area contributed by atoms with Crippen LogP contribution in [0.5, 0.6) is 0 Å². The third-order valence-electron chi connectivity index (χ3n) is 5.06. The average molecular weight is 446 g/mol. The molecule has 0 spiro atoms. The summed E-state index contributed by atoms with van der Waals surface area (Å²) in [5.41, 5.74) is 6.21. The number of rotatable bonds is 5. The summed E-state index contributed by atoms with van der Waals surface area (Å²) in [7, 11) is -3.36. The van der Waals surface area contributed by atoms with Gasteiger partial charge < -0.3 is 5.32 Å². The van der Waals surface area contributed by atoms with Gasteiger partial charge in [-0.3, -0.25) is 9.52 Å². The lowest BCUT2D eigenvalue weighted by atomic mass is 9.99. The van der Waals surface area contributed by atoms with Gasteiger partial charge in [-0.15, -0.1) is 0 Å². The van der Waals surface area contributed by atoms with E-state index >= 15 is 0 Å². The highest BCUT2D eigenvalue weighted by Gasteiger charge is 2.15. The zero-order valence-electron chi connectivity index (χ0n) is 18.0. The number of fused-ring (bicyclic) bond motifs is 1. The summed E-state index contributed by atoms with van der Waals surface area (Å²) in [6.45, 7) is 4.07. The molecule has 3 aromatic carbocycles. The van der Waals surface area contributed by atoms with E-state index in [1.54, 1.807) is 24.3 Å². The van der Waals surface area contributed by atoms with E-state index in [0.717, 1.165) is 34.0 Å². The molecule has 1 heterocycles. The maximum atomic E-state index is 13.2. The van der Waals surface area contributed by atoms with Crippen molar-refractivity contribution in [2.24, 2.45) is 0 Å². The molecule has 7 heteroatoms. The first-order valence-corrected chi connectivity index (χ1v) is 12.0. The predicted molar refractivity (Wildman–Crippen MR) is 130 cm³/mol. The molecular formula is C25H23N3O3S. The van der Waals surface area contributed by atoms with Crippen LogP contribution in [-0.2, 0) is 10.0 Å². The van der Waals surface area contributed by atoms with Crippen molar-refractivity contribution < 1.29 is 13.2 Å². The summed E-state index contributed by atoms with van der Waals surface area (Å²) in [5.74, 6) is -0.265. The molecule has 4 aromatic rings. The summed E-state index contributed by atoms with van der Waals surface area (Å²) in [4.78, 5) is 18.0. The monoisotopic (exact) mass is 445 g/mol. The summed E-state index contributed by atoms with van der Waals surface area (Å²) in [6.07, 6.45) is 1.09. The Kier molecular flexibility index (Phi) is 5.67. The van der Waals surface area contributed by atoms with Gasteiger partial charge in [-0.05, 0) is 55.8 Å². The van der Waals surface area contributed by atoms with Gasteiger partial charge in [-0.1, -0.05) is 42.0 Å². The number of sulfonamides is 1. The van der Waals surface area contributed by atoms with Crippen LogP contribution in [0.2, 0.25) is 0 Å². The molecule has 0 fully saturated rings. The summed E-state index contributed by atoms with van der Waals surface area (Å²) in [5, 5.41) is 3.66. The second-order valence-corrected chi connectivity index (χ2v) is 9.54. The summed E-state index contributed by atoms with van der Waals surface area (Å²) < 4.78 is 25.2. The number of aromatic nitrogens is 1. The highest BCUT2D eigenvalue weighted by atomic mass is 32.2. The second kappa shape index (κ2) is 8.43. The van der Waals surface area contributed by atoms with Gasteiger partial charge in [0.05, 0.1) is 23.0 Å². The fourth-order valence-corrected chi connectivity index (χ4v) is 4.20. The minimum Gasteiger partial charge on any atom is -0.322 e. The quantitative estimate of drug-likeness (QED) is 0.445. The van der Waals surface area contributed by atoms with Gasteiger partial charge in [0.1, 0.15) is 0 Å². The molecule has 0 aliphatic heterocycles. The Bertz CT molecular complexity index is 1430. The number of benzene rings is 3. The molecular weight excluding hydrogens is 422 g/mol. The predicted octanol–water partition coefficient (Wildman–Crippen LogP) is 5.14. The van der Waals surface area contributed by atoms with Gasteiger partial charge >= 0.3 is 0 Å². The number of aryl methyl sites for hydroxylation is 2. The minimum absolute atomic E-state index is 0.265. The molecule has 1 aromatic heterocycles. The summed E-state index contributed by atoms with van der Waals surface area (Å²) >= 11 is 0. The second-order valence-electron chi connectivity index (χ2n) is 7.80. The van der Waals surface area contributed by atoms with Gasteiger partial charge in [0, 0.05) is 22.3 Å². The average Bonchev–Trinajstić information content (AvgIpc) is 2.73. The Morgan fingerprint density at radius 3 is 2.25 bits per heavy atom. The van der Waals surface area contributed by atoms with E-state index in [0.29, 0.717) is 16.9 Å². The van der Waals surface area contributed by atoms with Crippen LogP contribution >= 0.6 is 0 Å². The number of pyridine rings is 1. The van der Waals surface area contributed by atoms with E-state index in [9.17, 15) is 13.2 Å². The number of amides is 1.